The fraction of sp³-hybridized carbons (Fsp3) is 0.485. The molecule has 0 fully saturated rings. The lowest BCUT2D eigenvalue weighted by Crippen LogP contribution is -2.74. The first kappa shape index (κ1) is 33.0. The van der Waals surface area contributed by atoms with Gasteiger partial charge in [0, 0.05) is 23.5 Å². The molecule has 1 aromatic heterocycles. The Morgan fingerprint density at radius 3 is 2.26 bits per heavy atom. The molecule has 9 nitrogen and oxygen atoms in total. The van der Waals surface area contributed by atoms with E-state index in [1.165, 1.54) is 5.56 Å². The number of carbonyl (C=O) groups excluding carboxylic acids is 2. The maximum atomic E-state index is 13.9. The molecule has 9 heteroatoms. The third-order valence-corrected chi connectivity index (χ3v) is 7.22. The highest BCUT2D eigenvalue weighted by atomic mass is 16.7. The van der Waals surface area contributed by atoms with Crippen molar-refractivity contribution in [2.45, 2.75) is 92.0 Å². The molecule has 0 saturated carbocycles. The highest BCUT2D eigenvalue weighted by Gasteiger charge is 2.47. The van der Waals surface area contributed by atoms with Gasteiger partial charge in [0.1, 0.15) is 18.2 Å². The number of hydroxylamine groups is 1. The Balaban J connectivity index is 1.81. The van der Waals surface area contributed by atoms with E-state index >= 15 is 0 Å². The van der Waals surface area contributed by atoms with Crippen molar-refractivity contribution in [1.82, 2.24) is 20.9 Å². The molecule has 42 heavy (non-hydrogen) atoms. The van der Waals surface area contributed by atoms with E-state index in [2.05, 4.69) is 22.9 Å². The third-order valence-electron chi connectivity index (χ3n) is 7.22. The molecule has 3 aromatic rings. The summed E-state index contributed by atoms with van der Waals surface area (Å²) in [6.45, 7) is 13.5. The van der Waals surface area contributed by atoms with E-state index in [1.54, 1.807) is 20.8 Å². The molecule has 0 bridgehead atoms. The molecular weight excluding hydrogens is 530 g/mol. The van der Waals surface area contributed by atoms with E-state index in [1.807, 2.05) is 82.3 Å². The summed E-state index contributed by atoms with van der Waals surface area (Å²) in [5.41, 5.74) is 5.13. The average molecular weight is 579 g/mol. The second-order valence-electron chi connectivity index (χ2n) is 12.4. The molecule has 0 aliphatic rings. The normalized spacial score (nSPS) is 14.0. The van der Waals surface area contributed by atoms with Crippen LogP contribution in [0.2, 0.25) is 0 Å². The Hall–Kier alpha value is -3.53. The lowest BCUT2D eigenvalue weighted by Gasteiger charge is -2.43. The number of aryl methyl sites for hydroxylation is 1. The molecule has 3 rings (SSSR count). The molecule has 1 unspecified atom stereocenters. The largest absolute Gasteiger partial charge is 0.484 e. The van der Waals surface area contributed by atoms with Gasteiger partial charge >= 0.3 is 6.09 Å². The van der Waals surface area contributed by atoms with Crippen LogP contribution in [-0.2, 0) is 22.5 Å². The van der Waals surface area contributed by atoms with Crippen molar-refractivity contribution in [3.8, 4) is 0 Å². The zero-order valence-electron chi connectivity index (χ0n) is 26.1. The van der Waals surface area contributed by atoms with E-state index in [0.717, 1.165) is 29.4 Å². The number of rotatable bonds is 13. The highest BCUT2D eigenvalue weighted by Crippen LogP contribution is 2.21. The number of amides is 2. The van der Waals surface area contributed by atoms with Gasteiger partial charge in [-0.25, -0.2) is 10.0 Å². The topological polar surface area (TPSA) is 104 Å². The maximum Gasteiger partial charge on any atom is 0.484 e. The van der Waals surface area contributed by atoms with E-state index in [9.17, 15) is 14.8 Å². The van der Waals surface area contributed by atoms with E-state index in [0.29, 0.717) is 24.7 Å². The van der Waals surface area contributed by atoms with Crippen molar-refractivity contribution < 1.29 is 24.2 Å². The molecule has 0 radical (unpaired) electrons. The molecule has 2 atom stereocenters. The van der Waals surface area contributed by atoms with Crippen molar-refractivity contribution in [3.05, 3.63) is 78.0 Å². The van der Waals surface area contributed by atoms with Gasteiger partial charge in [0.15, 0.2) is 0 Å². The molecule has 0 aliphatic heterocycles. The monoisotopic (exact) mass is 578 g/mol. The van der Waals surface area contributed by atoms with Gasteiger partial charge in [0.2, 0.25) is 0 Å². The minimum absolute atomic E-state index is 0.0775. The summed E-state index contributed by atoms with van der Waals surface area (Å²) < 4.78 is 5.02. The van der Waals surface area contributed by atoms with Crippen LogP contribution in [0.3, 0.4) is 0 Å². The van der Waals surface area contributed by atoms with Gasteiger partial charge in [-0.3, -0.25) is 15.1 Å². The van der Waals surface area contributed by atoms with Crippen LogP contribution in [-0.4, -0.2) is 56.3 Å². The highest BCUT2D eigenvalue weighted by molar-refractivity contribution is 5.81. The van der Waals surface area contributed by atoms with E-state index < -0.39 is 22.4 Å². The van der Waals surface area contributed by atoms with Gasteiger partial charge < -0.3 is 4.74 Å². The quantitative estimate of drug-likeness (QED) is 0.0970. The molecule has 0 saturated heterocycles. The summed E-state index contributed by atoms with van der Waals surface area (Å²) in [5.74, 6) is -0.406. The third kappa shape index (κ3) is 8.98. The van der Waals surface area contributed by atoms with Gasteiger partial charge in [-0.15, -0.1) is 0 Å². The standard InChI is InChI=1S/C33H47N5O4/c1-24(2)30(34-23-28-21-20-27-18-11-12-19-29(27)35-28)31(39)36-38(25(3)4,37(41)32(40)42-33(5,6)7)22-14-13-17-26-15-9-8-10-16-26/h8-12,15-16,18-21,24-25,30,34,41H,13-14,17,22-23H2,1-7H3/p+1/t30-,38?/m0/s1. The number of carbonyl (C=O) groups is 2. The van der Waals surface area contributed by atoms with Gasteiger partial charge in [0.05, 0.1) is 17.3 Å². The Bertz CT molecular complexity index is 1310. The number of ether oxygens (including phenoxy) is 1. The fourth-order valence-corrected chi connectivity index (χ4v) is 4.89. The number of aromatic nitrogens is 1. The molecule has 2 amide bonds. The van der Waals surface area contributed by atoms with Crippen molar-refractivity contribution in [2.24, 2.45) is 5.92 Å². The Morgan fingerprint density at radius 1 is 0.952 bits per heavy atom. The molecule has 1 heterocycles. The Morgan fingerprint density at radius 2 is 1.62 bits per heavy atom. The summed E-state index contributed by atoms with van der Waals surface area (Å²) in [7, 11) is 0. The average Bonchev–Trinajstić information content (AvgIpc) is 2.93. The van der Waals surface area contributed by atoms with Crippen molar-refractivity contribution in [1.29, 1.82) is 0 Å². The zero-order chi connectivity index (χ0) is 30.9. The van der Waals surface area contributed by atoms with E-state index in [4.69, 9.17) is 9.72 Å². The molecule has 228 valence electrons. The predicted molar refractivity (Wildman–Crippen MR) is 165 cm³/mol. The number of pyridine rings is 1. The first-order valence-corrected chi connectivity index (χ1v) is 14.9. The number of fused-ring (bicyclic) bond motifs is 1. The minimum Gasteiger partial charge on any atom is -0.439 e. The lowest BCUT2D eigenvalue weighted by atomic mass is 10.0. The SMILES string of the molecule is CC(C)[C@H](NCc1ccc2ccccc2n1)C(=O)N[N+](CCCCc1ccccc1)(C(C)C)N(O)C(=O)OC(C)(C)C. The fourth-order valence-electron chi connectivity index (χ4n) is 4.89. The van der Waals surface area contributed by atoms with Gasteiger partial charge in [0.25, 0.3) is 5.91 Å². The van der Waals surface area contributed by atoms with Crippen LogP contribution >= 0.6 is 0 Å². The van der Waals surface area contributed by atoms with Crippen LogP contribution in [0.25, 0.3) is 10.9 Å². The number of nitrogens with one attached hydrogen (secondary N) is 2. The summed E-state index contributed by atoms with van der Waals surface area (Å²) >= 11 is 0. The molecular formula is C33H48N5O4+. The van der Waals surface area contributed by atoms with Gasteiger partial charge in [-0.05, 0) is 71.1 Å². The molecule has 0 aliphatic carbocycles. The second kappa shape index (κ2) is 14.6. The van der Waals surface area contributed by atoms with Crippen molar-refractivity contribution in [3.63, 3.8) is 0 Å². The summed E-state index contributed by atoms with van der Waals surface area (Å²) in [6.07, 6.45) is 1.39. The number of benzene rings is 2. The van der Waals surface area contributed by atoms with Gasteiger partial charge in [-0.2, -0.15) is 5.43 Å². The predicted octanol–water partition coefficient (Wildman–Crippen LogP) is 6.17. The summed E-state index contributed by atoms with van der Waals surface area (Å²) in [5, 5.41) is 16.3. The summed E-state index contributed by atoms with van der Waals surface area (Å²) in [6, 6.07) is 21.0. The van der Waals surface area contributed by atoms with E-state index in [-0.39, 0.29) is 17.9 Å². The molecule has 2 aromatic carbocycles. The number of hydrogen-bond donors (Lipinski definition) is 3. The number of para-hydroxylation sites is 1. The lowest BCUT2D eigenvalue weighted by molar-refractivity contribution is -1.10. The minimum atomic E-state index is -0.922. The zero-order valence-corrected chi connectivity index (χ0v) is 26.1. The van der Waals surface area contributed by atoms with Crippen LogP contribution in [0.5, 0.6) is 0 Å². The maximum absolute atomic E-state index is 13.9. The Kier molecular flexibility index (Phi) is 11.4. The van der Waals surface area contributed by atoms with Crippen LogP contribution in [0.1, 0.15) is 72.6 Å². The molecule has 3 N–H and O–H groups in total. The van der Waals surface area contributed by atoms with Crippen LogP contribution in [0.15, 0.2) is 66.7 Å². The Labute approximate surface area is 250 Å². The number of nitrogens with zero attached hydrogens (tertiary/aromatic N) is 3. The van der Waals surface area contributed by atoms with Crippen LogP contribution < -0.4 is 10.7 Å². The van der Waals surface area contributed by atoms with Crippen molar-refractivity contribution >= 4 is 22.9 Å². The van der Waals surface area contributed by atoms with Crippen molar-refractivity contribution in [2.75, 3.05) is 6.54 Å². The number of hydrogen-bond acceptors (Lipinski definition) is 6. The molecule has 0 spiro atoms. The smallest absolute Gasteiger partial charge is 0.439 e. The van der Waals surface area contributed by atoms with Crippen LogP contribution in [0.4, 0.5) is 4.79 Å². The first-order chi connectivity index (χ1) is 19.8. The number of quaternary nitrogens is 1. The second-order valence-corrected chi connectivity index (χ2v) is 12.4. The number of unbranched alkanes of at least 4 members (excludes halogenated alkanes) is 1. The summed E-state index contributed by atoms with van der Waals surface area (Å²) in [4.78, 5) is 31.8. The first-order valence-electron chi connectivity index (χ1n) is 14.9. The van der Waals surface area contributed by atoms with Crippen LogP contribution in [0, 0.1) is 5.92 Å². The van der Waals surface area contributed by atoms with Gasteiger partial charge in [-0.1, -0.05) is 73.1 Å².